The molecule has 2 atom stereocenters. The largest absolute Gasteiger partial charge is 0.352 e. The highest BCUT2D eigenvalue weighted by Crippen LogP contribution is 2.40. The van der Waals surface area contributed by atoms with E-state index in [1.54, 1.807) is 0 Å². The summed E-state index contributed by atoms with van der Waals surface area (Å²) >= 11 is 5.79. The van der Waals surface area contributed by atoms with Gasteiger partial charge in [0.1, 0.15) is 0 Å². The van der Waals surface area contributed by atoms with Crippen LogP contribution < -0.4 is 5.32 Å². The van der Waals surface area contributed by atoms with Gasteiger partial charge in [-0.15, -0.1) is 0 Å². The van der Waals surface area contributed by atoms with Crippen molar-refractivity contribution >= 4 is 28.1 Å². The van der Waals surface area contributed by atoms with Crippen molar-refractivity contribution in [3.8, 4) is 5.69 Å². The van der Waals surface area contributed by atoms with Gasteiger partial charge >= 0.3 is 0 Å². The molecule has 1 aliphatic heterocycles. The van der Waals surface area contributed by atoms with Crippen LogP contribution in [-0.2, 0) is 0 Å². The molecule has 0 saturated carbocycles. The minimum absolute atomic E-state index is 0.00144. The molecule has 0 amide bonds. The number of benzene rings is 2. The molecule has 0 bridgehead atoms. The minimum atomic E-state index is 0.00144. The summed E-state index contributed by atoms with van der Waals surface area (Å²) in [4.78, 5) is 6.98. The van der Waals surface area contributed by atoms with Crippen molar-refractivity contribution in [2.24, 2.45) is 5.92 Å². The highest BCUT2D eigenvalue weighted by atomic mass is 32.1. The normalized spacial score (nSPS) is 18.7. The second-order valence-corrected chi connectivity index (χ2v) is 8.89. The molecule has 0 spiro atoms. The third-order valence-corrected chi connectivity index (χ3v) is 6.21. The van der Waals surface area contributed by atoms with Crippen molar-refractivity contribution in [3.63, 3.8) is 0 Å². The van der Waals surface area contributed by atoms with Crippen LogP contribution in [0.3, 0.4) is 0 Å². The molecule has 4 aromatic rings. The molecule has 2 aromatic carbocycles. The smallest absolute Gasteiger partial charge is 0.170 e. The molecule has 5 heteroatoms. The lowest BCUT2D eigenvalue weighted by molar-refractivity contribution is 0.280. The molecule has 5 rings (SSSR count). The van der Waals surface area contributed by atoms with Crippen LogP contribution >= 0.6 is 12.2 Å². The highest BCUT2D eigenvalue weighted by Gasteiger charge is 2.41. The summed E-state index contributed by atoms with van der Waals surface area (Å²) in [6, 6.07) is 25.6. The van der Waals surface area contributed by atoms with Crippen LogP contribution in [0.1, 0.15) is 37.3 Å². The Labute approximate surface area is 188 Å². The molecule has 1 N–H and O–H groups in total. The lowest BCUT2D eigenvalue weighted by Gasteiger charge is -2.30. The second kappa shape index (κ2) is 8.16. The second-order valence-electron chi connectivity index (χ2n) is 8.51. The van der Waals surface area contributed by atoms with Crippen molar-refractivity contribution < 1.29 is 0 Å². The molecule has 156 valence electrons. The van der Waals surface area contributed by atoms with Crippen LogP contribution in [0.4, 0.5) is 0 Å². The summed E-state index contributed by atoms with van der Waals surface area (Å²) in [5.74, 6) is 0.494. The first-order valence-corrected chi connectivity index (χ1v) is 11.2. The summed E-state index contributed by atoms with van der Waals surface area (Å²) < 4.78 is 2.29. The van der Waals surface area contributed by atoms with Gasteiger partial charge in [-0.25, -0.2) is 0 Å². The fourth-order valence-electron chi connectivity index (χ4n) is 4.51. The zero-order chi connectivity index (χ0) is 21.4. The Morgan fingerprint density at radius 1 is 0.968 bits per heavy atom. The van der Waals surface area contributed by atoms with Crippen molar-refractivity contribution in [1.29, 1.82) is 0 Å². The maximum absolute atomic E-state index is 5.79. The summed E-state index contributed by atoms with van der Waals surface area (Å²) in [7, 11) is 0. The third kappa shape index (κ3) is 3.70. The number of aromatic nitrogens is 2. The predicted molar refractivity (Wildman–Crippen MR) is 130 cm³/mol. The van der Waals surface area contributed by atoms with Gasteiger partial charge in [0.05, 0.1) is 17.8 Å². The van der Waals surface area contributed by atoms with E-state index < -0.39 is 0 Å². The van der Waals surface area contributed by atoms with Crippen LogP contribution in [-0.4, -0.2) is 26.1 Å². The molecular formula is C26H26N4S. The van der Waals surface area contributed by atoms with Gasteiger partial charge in [-0.1, -0.05) is 50.2 Å². The lowest BCUT2D eigenvalue weighted by Crippen LogP contribution is -2.33. The number of thiocarbonyl (C=S) groups is 1. The summed E-state index contributed by atoms with van der Waals surface area (Å²) in [6.45, 7) is 5.36. The van der Waals surface area contributed by atoms with Gasteiger partial charge in [-0.05, 0) is 65.3 Å². The first kappa shape index (κ1) is 19.8. The highest BCUT2D eigenvalue weighted by molar-refractivity contribution is 7.80. The fraction of sp³-hybridized carbons (Fsp3) is 0.231. The van der Waals surface area contributed by atoms with Gasteiger partial charge in [0.2, 0.25) is 0 Å². The van der Waals surface area contributed by atoms with E-state index in [0.717, 1.165) is 23.0 Å². The number of nitrogens with zero attached hydrogens (tertiary/aromatic N) is 3. The Balaban J connectivity index is 1.62. The number of pyridine rings is 1. The van der Waals surface area contributed by atoms with E-state index in [1.165, 1.54) is 16.5 Å². The van der Waals surface area contributed by atoms with Crippen LogP contribution in [0, 0.1) is 5.92 Å². The zero-order valence-corrected chi connectivity index (χ0v) is 18.6. The lowest BCUT2D eigenvalue weighted by atomic mass is 10.00. The summed E-state index contributed by atoms with van der Waals surface area (Å²) in [5.41, 5.74) is 3.37. The number of fused-ring (bicyclic) bond motifs is 1. The van der Waals surface area contributed by atoms with Crippen LogP contribution in [0.25, 0.3) is 16.5 Å². The number of rotatable bonds is 5. The molecule has 4 nitrogen and oxygen atoms in total. The quantitative estimate of drug-likeness (QED) is 0.418. The first-order chi connectivity index (χ1) is 15.1. The van der Waals surface area contributed by atoms with E-state index in [4.69, 9.17) is 12.2 Å². The Morgan fingerprint density at radius 3 is 2.55 bits per heavy atom. The molecule has 1 fully saturated rings. The molecule has 0 radical (unpaired) electrons. The van der Waals surface area contributed by atoms with Crippen molar-refractivity contribution in [2.75, 3.05) is 6.54 Å². The van der Waals surface area contributed by atoms with E-state index in [2.05, 4.69) is 100 Å². The minimum Gasteiger partial charge on any atom is -0.352 e. The van der Waals surface area contributed by atoms with Gasteiger partial charge in [0.15, 0.2) is 5.11 Å². The van der Waals surface area contributed by atoms with Gasteiger partial charge < -0.3 is 14.8 Å². The van der Waals surface area contributed by atoms with E-state index in [9.17, 15) is 0 Å². The Morgan fingerprint density at radius 2 is 1.77 bits per heavy atom. The van der Waals surface area contributed by atoms with Crippen LogP contribution in [0.2, 0.25) is 0 Å². The third-order valence-electron chi connectivity index (χ3n) is 5.85. The molecule has 0 aliphatic carbocycles. The summed E-state index contributed by atoms with van der Waals surface area (Å²) in [6.07, 6.45) is 3.99. The Kier molecular flexibility index (Phi) is 5.20. The zero-order valence-electron chi connectivity index (χ0n) is 17.8. The fourth-order valence-corrected chi connectivity index (χ4v) is 4.83. The average Bonchev–Trinajstić information content (AvgIpc) is 3.38. The van der Waals surface area contributed by atoms with Crippen LogP contribution in [0.15, 0.2) is 85.2 Å². The SMILES string of the molecule is CC(C)CN1C(=S)NC(c2ccccn2)C1c1cccn1-c1ccc2ccccc2c1. The maximum atomic E-state index is 5.79. The van der Waals surface area contributed by atoms with E-state index in [1.807, 2.05) is 18.3 Å². The standard InChI is InChI=1S/C26H26N4S/c1-18(2)17-30-25(24(28-26(30)31)22-10-5-6-14-27-22)23-11-7-15-29(23)21-13-12-19-8-3-4-9-20(19)16-21/h3-16,18,24-25H,17H2,1-2H3,(H,28,31). The van der Waals surface area contributed by atoms with Crippen molar-refractivity contribution in [2.45, 2.75) is 25.9 Å². The van der Waals surface area contributed by atoms with E-state index in [-0.39, 0.29) is 12.1 Å². The van der Waals surface area contributed by atoms with Gasteiger partial charge in [0.25, 0.3) is 0 Å². The molecule has 31 heavy (non-hydrogen) atoms. The molecule has 1 aliphatic rings. The van der Waals surface area contributed by atoms with E-state index in [0.29, 0.717) is 5.92 Å². The first-order valence-electron chi connectivity index (χ1n) is 10.8. The molecule has 2 aromatic heterocycles. The number of nitrogens with one attached hydrogen (secondary N) is 1. The van der Waals surface area contributed by atoms with Crippen molar-refractivity contribution in [1.82, 2.24) is 19.8 Å². The molecule has 1 saturated heterocycles. The topological polar surface area (TPSA) is 33.1 Å². The van der Waals surface area contributed by atoms with E-state index >= 15 is 0 Å². The van der Waals surface area contributed by atoms with Gasteiger partial charge in [0, 0.05) is 30.3 Å². The van der Waals surface area contributed by atoms with Crippen LogP contribution in [0.5, 0.6) is 0 Å². The monoisotopic (exact) mass is 426 g/mol. The number of hydrogen-bond acceptors (Lipinski definition) is 2. The number of hydrogen-bond donors (Lipinski definition) is 1. The molecule has 2 unspecified atom stereocenters. The molecular weight excluding hydrogens is 400 g/mol. The van der Waals surface area contributed by atoms with Gasteiger partial charge in [-0.2, -0.15) is 0 Å². The predicted octanol–water partition coefficient (Wildman–Crippen LogP) is 5.65. The summed E-state index contributed by atoms with van der Waals surface area (Å²) in [5, 5.41) is 6.83. The maximum Gasteiger partial charge on any atom is 0.170 e. The Bertz CT molecular complexity index is 1210. The Hall–Kier alpha value is -3.18. The van der Waals surface area contributed by atoms with Gasteiger partial charge in [-0.3, -0.25) is 4.98 Å². The molecule has 3 heterocycles. The average molecular weight is 427 g/mol. The van der Waals surface area contributed by atoms with Crippen molar-refractivity contribution in [3.05, 3.63) is 96.6 Å².